The average Bonchev–Trinajstić information content (AvgIpc) is 2.55. The number of fused-ring (bicyclic) bond motifs is 1. The number of imidazole rings is 1. The molecule has 0 aromatic carbocycles. The smallest absolute Gasteiger partial charge is 0.358 e. The van der Waals surface area contributed by atoms with Gasteiger partial charge in [-0.05, 0) is 34.5 Å². The van der Waals surface area contributed by atoms with E-state index >= 15 is 0 Å². The van der Waals surface area contributed by atoms with Crippen molar-refractivity contribution in [2.24, 2.45) is 0 Å². The lowest BCUT2D eigenvalue weighted by molar-refractivity contribution is -0.387. The predicted octanol–water partition coefficient (Wildman–Crippen LogP) is 1.36. The first kappa shape index (κ1) is 9.32. The summed E-state index contributed by atoms with van der Waals surface area (Å²) >= 11 is 0. The standard InChI is InChI=1S/C9H7N3O3/c1-6-2-3-11-7(4-6)9(12(14)15)10-8(11)5-13/h2-5H,1H3. The van der Waals surface area contributed by atoms with Gasteiger partial charge in [0.15, 0.2) is 0 Å². The molecular formula is C9H7N3O3. The Morgan fingerprint density at radius 2 is 2.33 bits per heavy atom. The van der Waals surface area contributed by atoms with Gasteiger partial charge in [-0.1, -0.05) is 0 Å². The zero-order chi connectivity index (χ0) is 11.0. The molecule has 76 valence electrons. The monoisotopic (exact) mass is 205 g/mol. The Kier molecular flexibility index (Phi) is 1.96. The number of aromatic nitrogens is 2. The quantitative estimate of drug-likeness (QED) is 0.421. The molecule has 0 amide bonds. The first-order valence-electron chi connectivity index (χ1n) is 4.22. The molecule has 0 unspecified atom stereocenters. The molecule has 2 rings (SSSR count). The lowest BCUT2D eigenvalue weighted by Crippen LogP contribution is -1.91. The van der Waals surface area contributed by atoms with Crippen molar-refractivity contribution >= 4 is 17.6 Å². The molecule has 0 aliphatic rings. The van der Waals surface area contributed by atoms with Crippen LogP contribution in [0, 0.1) is 17.0 Å². The van der Waals surface area contributed by atoms with Gasteiger partial charge in [-0.15, -0.1) is 0 Å². The summed E-state index contributed by atoms with van der Waals surface area (Å²) in [5, 5.41) is 10.7. The molecule has 0 aliphatic carbocycles. The number of hydrogen-bond acceptors (Lipinski definition) is 4. The van der Waals surface area contributed by atoms with Crippen molar-refractivity contribution < 1.29 is 9.72 Å². The molecule has 0 aliphatic heterocycles. The van der Waals surface area contributed by atoms with E-state index in [1.807, 2.05) is 6.92 Å². The van der Waals surface area contributed by atoms with E-state index in [1.54, 1.807) is 18.3 Å². The van der Waals surface area contributed by atoms with E-state index in [0.717, 1.165) is 5.56 Å². The summed E-state index contributed by atoms with van der Waals surface area (Å²) in [6.45, 7) is 1.82. The maximum atomic E-state index is 10.7. The van der Waals surface area contributed by atoms with Crippen molar-refractivity contribution in [1.29, 1.82) is 0 Å². The third-order valence-corrected chi connectivity index (χ3v) is 2.09. The molecule has 15 heavy (non-hydrogen) atoms. The zero-order valence-electron chi connectivity index (χ0n) is 7.88. The summed E-state index contributed by atoms with van der Waals surface area (Å²) in [6.07, 6.45) is 2.09. The predicted molar refractivity (Wildman–Crippen MR) is 52.0 cm³/mol. The summed E-state index contributed by atoms with van der Waals surface area (Å²) < 4.78 is 1.40. The first-order valence-corrected chi connectivity index (χ1v) is 4.22. The van der Waals surface area contributed by atoms with Crippen LogP contribution in [0.25, 0.3) is 5.52 Å². The number of nitrogens with zero attached hydrogens (tertiary/aromatic N) is 3. The second kappa shape index (κ2) is 3.16. The molecule has 2 aromatic rings. The maximum absolute atomic E-state index is 10.7. The summed E-state index contributed by atoms with van der Waals surface area (Å²) in [6, 6.07) is 3.38. The number of hydrogen-bond donors (Lipinski definition) is 0. The summed E-state index contributed by atoms with van der Waals surface area (Å²) in [5.41, 5.74) is 1.21. The van der Waals surface area contributed by atoms with Crippen molar-refractivity contribution in [2.75, 3.05) is 0 Å². The minimum absolute atomic E-state index is 0.0386. The second-order valence-corrected chi connectivity index (χ2v) is 3.13. The zero-order valence-corrected chi connectivity index (χ0v) is 7.88. The molecular weight excluding hydrogens is 198 g/mol. The Bertz CT molecular complexity index is 559. The van der Waals surface area contributed by atoms with Crippen molar-refractivity contribution in [2.45, 2.75) is 6.92 Å². The van der Waals surface area contributed by atoms with Crippen LogP contribution in [-0.4, -0.2) is 20.6 Å². The molecule has 0 spiro atoms. The van der Waals surface area contributed by atoms with Crippen LogP contribution in [0.3, 0.4) is 0 Å². The number of carbonyl (C=O) groups excluding carboxylic acids is 1. The van der Waals surface area contributed by atoms with E-state index in [9.17, 15) is 14.9 Å². The number of carbonyl (C=O) groups is 1. The van der Waals surface area contributed by atoms with E-state index in [-0.39, 0.29) is 11.6 Å². The summed E-state index contributed by atoms with van der Waals surface area (Å²) in [5.74, 6) is -0.252. The fourth-order valence-corrected chi connectivity index (χ4v) is 1.41. The van der Waals surface area contributed by atoms with Gasteiger partial charge in [0.1, 0.15) is 5.52 Å². The van der Waals surface area contributed by atoms with Crippen molar-refractivity contribution in [3.63, 3.8) is 0 Å². The third kappa shape index (κ3) is 1.35. The number of aldehydes is 1. The highest BCUT2D eigenvalue weighted by molar-refractivity contribution is 5.76. The van der Waals surface area contributed by atoms with Gasteiger partial charge < -0.3 is 10.1 Å². The number of nitro groups is 1. The number of aryl methyl sites for hydroxylation is 1. The van der Waals surface area contributed by atoms with Gasteiger partial charge in [-0.3, -0.25) is 9.20 Å². The molecule has 0 N–H and O–H groups in total. The Labute approximate surface area is 84.3 Å². The molecule has 0 fully saturated rings. The normalized spacial score (nSPS) is 10.5. The highest BCUT2D eigenvalue weighted by Gasteiger charge is 2.21. The van der Waals surface area contributed by atoms with Gasteiger partial charge >= 0.3 is 5.82 Å². The number of pyridine rings is 1. The molecule has 0 saturated heterocycles. The highest BCUT2D eigenvalue weighted by Crippen LogP contribution is 2.20. The van der Waals surface area contributed by atoms with Crippen LogP contribution in [0.1, 0.15) is 16.2 Å². The van der Waals surface area contributed by atoms with Gasteiger partial charge in [-0.25, -0.2) is 0 Å². The van der Waals surface area contributed by atoms with E-state index in [2.05, 4.69) is 4.98 Å². The maximum Gasteiger partial charge on any atom is 0.390 e. The van der Waals surface area contributed by atoms with E-state index in [4.69, 9.17) is 0 Å². The van der Waals surface area contributed by atoms with Gasteiger partial charge in [0.25, 0.3) is 5.82 Å². The molecule has 2 aromatic heterocycles. The molecule has 0 radical (unpaired) electrons. The lowest BCUT2D eigenvalue weighted by Gasteiger charge is -1.94. The number of rotatable bonds is 2. The lowest BCUT2D eigenvalue weighted by atomic mass is 10.3. The van der Waals surface area contributed by atoms with Gasteiger partial charge in [0.2, 0.25) is 6.29 Å². The third-order valence-electron chi connectivity index (χ3n) is 2.09. The summed E-state index contributed by atoms with van der Waals surface area (Å²) in [7, 11) is 0. The van der Waals surface area contributed by atoms with Crippen LogP contribution in [0.4, 0.5) is 5.82 Å². The Morgan fingerprint density at radius 3 is 2.93 bits per heavy atom. The van der Waals surface area contributed by atoms with Crippen molar-refractivity contribution in [1.82, 2.24) is 9.38 Å². The van der Waals surface area contributed by atoms with Crippen LogP contribution in [0.15, 0.2) is 18.3 Å². The fraction of sp³-hybridized carbons (Fsp3) is 0.111. The first-order chi connectivity index (χ1) is 7.13. The molecule has 6 nitrogen and oxygen atoms in total. The van der Waals surface area contributed by atoms with Gasteiger partial charge in [0, 0.05) is 6.20 Å². The van der Waals surface area contributed by atoms with E-state index < -0.39 is 4.92 Å². The Hall–Kier alpha value is -2.24. The van der Waals surface area contributed by atoms with Crippen LogP contribution < -0.4 is 0 Å². The van der Waals surface area contributed by atoms with Gasteiger partial charge in [0.05, 0.1) is 0 Å². The van der Waals surface area contributed by atoms with Crippen LogP contribution in [0.2, 0.25) is 0 Å². The minimum atomic E-state index is -0.595. The molecule has 0 saturated carbocycles. The van der Waals surface area contributed by atoms with Crippen molar-refractivity contribution in [3.8, 4) is 0 Å². The van der Waals surface area contributed by atoms with Crippen LogP contribution in [0.5, 0.6) is 0 Å². The van der Waals surface area contributed by atoms with Crippen LogP contribution in [-0.2, 0) is 0 Å². The molecule has 0 bridgehead atoms. The van der Waals surface area contributed by atoms with Crippen molar-refractivity contribution in [3.05, 3.63) is 39.8 Å². The Balaban J connectivity index is 2.87. The summed E-state index contributed by atoms with van der Waals surface area (Å²) in [4.78, 5) is 24.4. The van der Waals surface area contributed by atoms with Crippen LogP contribution >= 0.6 is 0 Å². The SMILES string of the molecule is Cc1ccn2c(C=O)nc([N+](=O)[O-])c2c1. The average molecular weight is 205 g/mol. The van der Waals surface area contributed by atoms with E-state index in [0.29, 0.717) is 11.8 Å². The van der Waals surface area contributed by atoms with Gasteiger partial charge in [-0.2, -0.15) is 0 Å². The fourth-order valence-electron chi connectivity index (χ4n) is 1.41. The minimum Gasteiger partial charge on any atom is -0.358 e. The second-order valence-electron chi connectivity index (χ2n) is 3.13. The molecule has 6 heteroatoms. The topological polar surface area (TPSA) is 77.5 Å². The van der Waals surface area contributed by atoms with E-state index in [1.165, 1.54) is 4.40 Å². The highest BCUT2D eigenvalue weighted by atomic mass is 16.6. The molecule has 2 heterocycles. The largest absolute Gasteiger partial charge is 0.390 e. The molecule has 0 atom stereocenters. The Morgan fingerprint density at radius 1 is 1.60 bits per heavy atom.